The van der Waals surface area contributed by atoms with Gasteiger partial charge in [0.15, 0.2) is 5.78 Å². The van der Waals surface area contributed by atoms with Gasteiger partial charge in [0.05, 0.1) is 0 Å². The number of ketones is 2. The lowest BCUT2D eigenvalue weighted by molar-refractivity contribution is -0.119. The first-order valence-corrected chi connectivity index (χ1v) is 3.75. The maximum Gasteiger partial charge on any atom is 0.177 e. The van der Waals surface area contributed by atoms with Crippen LogP contribution in [0.15, 0.2) is 25.3 Å². The molecule has 0 saturated heterocycles. The highest BCUT2D eigenvalue weighted by atomic mass is 16.1. The number of hydrogen-bond acceptors (Lipinski definition) is 2. The Bertz CT molecular complexity index is 168. The van der Waals surface area contributed by atoms with Gasteiger partial charge in [-0.1, -0.05) is 27.0 Å². The van der Waals surface area contributed by atoms with Crippen molar-refractivity contribution in [3.05, 3.63) is 25.3 Å². The van der Waals surface area contributed by atoms with Crippen molar-refractivity contribution in [2.75, 3.05) is 0 Å². The molecule has 0 unspecified atom stereocenters. The molecule has 2 heteroatoms. The minimum atomic E-state index is -0.130. The Morgan fingerprint density at radius 2 is 1.42 bits per heavy atom. The highest BCUT2D eigenvalue weighted by Gasteiger charge is 1.95. The number of carbonyl (C=O) groups is 2. The molecule has 0 atom stereocenters. The molecular weight excluding hydrogens is 152 g/mol. The topological polar surface area (TPSA) is 34.1 Å². The molecule has 0 saturated carbocycles. The largest absolute Gasteiger partial charge is 0.300 e. The Balaban J connectivity index is 0. The maximum atomic E-state index is 10.1. The highest BCUT2D eigenvalue weighted by Crippen LogP contribution is 1.89. The lowest BCUT2D eigenvalue weighted by atomic mass is 10.1. The quantitative estimate of drug-likeness (QED) is 0.605. The minimum Gasteiger partial charge on any atom is -0.300 e. The van der Waals surface area contributed by atoms with Gasteiger partial charge in [-0.3, -0.25) is 9.59 Å². The van der Waals surface area contributed by atoms with E-state index >= 15 is 0 Å². The number of carbonyl (C=O) groups excluding carboxylic acids is 2. The van der Waals surface area contributed by atoms with E-state index in [2.05, 4.69) is 13.2 Å². The van der Waals surface area contributed by atoms with E-state index in [1.165, 1.54) is 12.2 Å². The normalized spacial score (nSPS) is 8.00. The molecule has 68 valence electrons. The van der Waals surface area contributed by atoms with Crippen molar-refractivity contribution < 1.29 is 9.59 Å². The van der Waals surface area contributed by atoms with E-state index in [1.54, 1.807) is 6.92 Å². The molecule has 0 N–H and O–H groups in total. The predicted octanol–water partition coefficient (Wildman–Crippen LogP) is 2.16. The van der Waals surface area contributed by atoms with Gasteiger partial charge in [0.25, 0.3) is 0 Å². The van der Waals surface area contributed by atoms with Gasteiger partial charge in [0.2, 0.25) is 0 Å². The van der Waals surface area contributed by atoms with Gasteiger partial charge in [0.1, 0.15) is 5.78 Å². The second kappa shape index (κ2) is 7.92. The van der Waals surface area contributed by atoms with Gasteiger partial charge in [-0.25, -0.2) is 0 Å². The SMILES string of the molecule is C=CC(=O)C=C.CC(=O)C(C)C. The summed E-state index contributed by atoms with van der Waals surface area (Å²) in [5.74, 6) is 0.343. The van der Waals surface area contributed by atoms with Crippen LogP contribution in [0, 0.1) is 5.92 Å². The second-order valence-electron chi connectivity index (χ2n) is 2.58. The van der Waals surface area contributed by atoms with E-state index in [4.69, 9.17) is 0 Å². The third kappa shape index (κ3) is 11.6. The molecule has 12 heavy (non-hydrogen) atoms. The molecular formula is C10H16O2. The van der Waals surface area contributed by atoms with Crippen molar-refractivity contribution in [2.24, 2.45) is 5.92 Å². The number of Topliss-reactive ketones (excluding diaryl/α,β-unsaturated/α-hetero) is 1. The highest BCUT2D eigenvalue weighted by molar-refractivity contribution is 5.98. The first-order chi connectivity index (χ1) is 5.45. The maximum absolute atomic E-state index is 10.1. The van der Waals surface area contributed by atoms with Gasteiger partial charge in [0, 0.05) is 5.92 Å². The first kappa shape index (κ1) is 13.4. The van der Waals surface area contributed by atoms with Gasteiger partial charge >= 0.3 is 0 Å². The van der Waals surface area contributed by atoms with Crippen LogP contribution in [-0.2, 0) is 9.59 Å². The van der Waals surface area contributed by atoms with Crippen LogP contribution in [0.25, 0.3) is 0 Å². The third-order valence-electron chi connectivity index (χ3n) is 1.22. The van der Waals surface area contributed by atoms with Gasteiger partial charge in [-0.2, -0.15) is 0 Å². The summed E-state index contributed by atoms with van der Waals surface area (Å²) in [5, 5.41) is 0. The predicted molar refractivity (Wildman–Crippen MR) is 50.9 cm³/mol. The van der Waals surface area contributed by atoms with Crippen LogP contribution in [0.2, 0.25) is 0 Å². The molecule has 0 aromatic rings. The molecule has 0 heterocycles. The summed E-state index contributed by atoms with van der Waals surface area (Å²) in [5.41, 5.74) is 0. The Labute approximate surface area is 74.0 Å². The molecule has 0 bridgehead atoms. The Morgan fingerprint density at radius 1 is 1.17 bits per heavy atom. The summed E-state index contributed by atoms with van der Waals surface area (Å²) in [6.07, 6.45) is 2.43. The number of allylic oxidation sites excluding steroid dienone is 2. The Hall–Kier alpha value is -1.18. The summed E-state index contributed by atoms with van der Waals surface area (Å²) < 4.78 is 0. The van der Waals surface area contributed by atoms with E-state index in [1.807, 2.05) is 13.8 Å². The monoisotopic (exact) mass is 168 g/mol. The van der Waals surface area contributed by atoms with Gasteiger partial charge in [-0.15, -0.1) is 0 Å². The lowest BCUT2D eigenvalue weighted by Gasteiger charge is -1.90. The van der Waals surface area contributed by atoms with E-state index < -0.39 is 0 Å². The molecule has 0 aromatic carbocycles. The molecule has 0 amide bonds. The van der Waals surface area contributed by atoms with Gasteiger partial charge < -0.3 is 0 Å². The van der Waals surface area contributed by atoms with Crippen LogP contribution in [0.3, 0.4) is 0 Å². The average molecular weight is 168 g/mol. The molecule has 0 fully saturated rings. The van der Waals surface area contributed by atoms with Crippen LogP contribution < -0.4 is 0 Å². The van der Waals surface area contributed by atoms with Crippen molar-refractivity contribution in [2.45, 2.75) is 20.8 Å². The second-order valence-corrected chi connectivity index (χ2v) is 2.58. The van der Waals surface area contributed by atoms with E-state index in [9.17, 15) is 9.59 Å². The summed E-state index contributed by atoms with van der Waals surface area (Å²) in [6.45, 7) is 11.8. The van der Waals surface area contributed by atoms with Crippen molar-refractivity contribution in [3.63, 3.8) is 0 Å². The molecule has 0 aliphatic heterocycles. The fourth-order valence-electron chi connectivity index (χ4n) is 0.0833. The average Bonchev–Trinajstić information content (AvgIpc) is 2.04. The van der Waals surface area contributed by atoms with Crippen molar-refractivity contribution in [1.29, 1.82) is 0 Å². The summed E-state index contributed by atoms with van der Waals surface area (Å²) in [7, 11) is 0. The molecule has 0 aliphatic rings. The zero-order valence-electron chi connectivity index (χ0n) is 7.96. The molecule has 0 aromatic heterocycles. The van der Waals surface area contributed by atoms with E-state index in [0.29, 0.717) is 0 Å². The van der Waals surface area contributed by atoms with Crippen molar-refractivity contribution in [3.8, 4) is 0 Å². The van der Waals surface area contributed by atoms with Gasteiger partial charge in [-0.05, 0) is 19.1 Å². The zero-order valence-corrected chi connectivity index (χ0v) is 7.96. The van der Waals surface area contributed by atoms with E-state index in [-0.39, 0.29) is 17.5 Å². The minimum absolute atomic E-state index is 0.130. The third-order valence-corrected chi connectivity index (χ3v) is 1.22. The fourth-order valence-corrected chi connectivity index (χ4v) is 0.0833. The van der Waals surface area contributed by atoms with Crippen LogP contribution in [-0.4, -0.2) is 11.6 Å². The molecule has 0 radical (unpaired) electrons. The number of hydrogen-bond donors (Lipinski definition) is 0. The number of rotatable bonds is 3. The molecule has 0 rings (SSSR count). The van der Waals surface area contributed by atoms with Crippen LogP contribution >= 0.6 is 0 Å². The Kier molecular flexibility index (Phi) is 8.85. The van der Waals surface area contributed by atoms with E-state index in [0.717, 1.165) is 0 Å². The lowest BCUT2D eigenvalue weighted by Crippen LogP contribution is -1.98. The van der Waals surface area contributed by atoms with Crippen LogP contribution in [0.5, 0.6) is 0 Å². The standard InChI is InChI=1S/C5H10O.C5H6O/c1-4(2)5(3)6;1-3-5(6)4-2/h4H,1-3H3;3-4H,1-2H2. The summed E-state index contributed by atoms with van der Waals surface area (Å²) in [6, 6.07) is 0. The zero-order chi connectivity index (χ0) is 10.1. The van der Waals surface area contributed by atoms with Crippen LogP contribution in [0.4, 0.5) is 0 Å². The first-order valence-electron chi connectivity index (χ1n) is 3.75. The molecule has 0 spiro atoms. The molecule has 2 nitrogen and oxygen atoms in total. The van der Waals surface area contributed by atoms with Crippen molar-refractivity contribution >= 4 is 11.6 Å². The Morgan fingerprint density at radius 3 is 1.42 bits per heavy atom. The molecule has 0 aliphatic carbocycles. The smallest absolute Gasteiger partial charge is 0.177 e. The van der Waals surface area contributed by atoms with Crippen molar-refractivity contribution in [1.82, 2.24) is 0 Å². The summed E-state index contributed by atoms with van der Waals surface area (Å²) in [4.78, 5) is 20.1. The fraction of sp³-hybridized carbons (Fsp3) is 0.400. The van der Waals surface area contributed by atoms with Crippen LogP contribution in [0.1, 0.15) is 20.8 Å². The summed E-state index contributed by atoms with van der Waals surface area (Å²) >= 11 is 0.